The van der Waals surface area contributed by atoms with Crippen LogP contribution in [0.1, 0.15) is 17.3 Å². The molecule has 0 aliphatic rings. The Morgan fingerprint density at radius 3 is 2.78 bits per heavy atom. The van der Waals surface area contributed by atoms with Crippen molar-refractivity contribution in [3.63, 3.8) is 0 Å². The van der Waals surface area contributed by atoms with E-state index in [1.807, 2.05) is 0 Å². The lowest BCUT2D eigenvalue weighted by atomic mass is 10.1. The van der Waals surface area contributed by atoms with Crippen molar-refractivity contribution in [2.75, 3.05) is 13.7 Å². The Morgan fingerprint density at radius 1 is 1.61 bits per heavy atom. The zero-order valence-electron chi connectivity index (χ0n) is 10.0. The first kappa shape index (κ1) is 13.9. The van der Waals surface area contributed by atoms with Crippen LogP contribution in [0.5, 0.6) is 5.75 Å². The number of hydrogen-bond donors (Lipinski definition) is 2. The number of aliphatic hydroxyl groups is 1. The molecule has 98 valence electrons. The average Bonchev–Trinajstić information content (AvgIpc) is 2.34. The molecule has 0 heterocycles. The molecular weight excluding hydrogens is 240 g/mol. The monoisotopic (exact) mass is 254 g/mol. The summed E-state index contributed by atoms with van der Waals surface area (Å²) in [6.07, 6.45) is -0.696. The van der Waals surface area contributed by atoms with E-state index in [4.69, 9.17) is 9.84 Å². The minimum Gasteiger partial charge on any atom is -0.490 e. The number of nitrogens with one attached hydrogen (secondary N) is 1. The van der Waals surface area contributed by atoms with Crippen LogP contribution in [0.15, 0.2) is 18.2 Å². The number of methoxy groups -OCH3 is 1. The highest BCUT2D eigenvalue weighted by Gasteiger charge is 2.22. The van der Waals surface area contributed by atoms with Gasteiger partial charge >= 0.3 is 5.69 Å². The van der Waals surface area contributed by atoms with Gasteiger partial charge in [-0.15, -0.1) is 0 Å². The first-order valence-corrected chi connectivity index (χ1v) is 5.25. The van der Waals surface area contributed by atoms with Crippen molar-refractivity contribution in [1.82, 2.24) is 5.32 Å². The van der Waals surface area contributed by atoms with Gasteiger partial charge in [0.25, 0.3) is 5.91 Å². The minimum absolute atomic E-state index is 0.0602. The number of nitro benzene ring substituents is 1. The van der Waals surface area contributed by atoms with Gasteiger partial charge in [-0.3, -0.25) is 14.9 Å². The van der Waals surface area contributed by atoms with Crippen molar-refractivity contribution in [3.05, 3.63) is 33.9 Å². The second-order valence-corrected chi connectivity index (χ2v) is 3.67. The number of carbonyl (C=O) groups excluding carboxylic acids is 1. The summed E-state index contributed by atoms with van der Waals surface area (Å²) in [5.41, 5.74) is -0.213. The summed E-state index contributed by atoms with van der Waals surface area (Å²) >= 11 is 0. The normalized spacial score (nSPS) is 11.7. The van der Waals surface area contributed by atoms with Crippen molar-refractivity contribution in [3.8, 4) is 5.75 Å². The Hall–Kier alpha value is -2.15. The predicted octanol–water partition coefficient (Wildman–Crippen LogP) is 0.714. The van der Waals surface area contributed by atoms with Gasteiger partial charge in [-0.1, -0.05) is 6.07 Å². The number of benzene rings is 1. The number of ether oxygens (including phenoxy) is 1. The van der Waals surface area contributed by atoms with E-state index in [-0.39, 0.29) is 23.5 Å². The predicted molar refractivity (Wildman–Crippen MR) is 63.7 cm³/mol. The molecule has 7 heteroatoms. The fourth-order valence-electron chi connectivity index (χ4n) is 1.40. The summed E-state index contributed by atoms with van der Waals surface area (Å²) in [6, 6.07) is 4.07. The number of para-hydroxylation sites is 1. The molecule has 7 nitrogen and oxygen atoms in total. The molecule has 0 saturated carbocycles. The molecular formula is C11H14N2O5. The van der Waals surface area contributed by atoms with E-state index < -0.39 is 16.9 Å². The third kappa shape index (κ3) is 3.17. The summed E-state index contributed by atoms with van der Waals surface area (Å²) in [5, 5.41) is 22.3. The molecule has 1 atom stereocenters. The molecule has 0 aliphatic heterocycles. The van der Waals surface area contributed by atoms with E-state index in [0.29, 0.717) is 0 Å². The van der Waals surface area contributed by atoms with Crippen LogP contribution in [-0.2, 0) is 0 Å². The molecule has 0 fully saturated rings. The molecule has 1 aromatic carbocycles. The molecule has 1 rings (SSSR count). The van der Waals surface area contributed by atoms with Gasteiger partial charge in [0.2, 0.25) is 5.75 Å². The summed E-state index contributed by atoms with van der Waals surface area (Å²) in [5.74, 6) is -0.623. The number of nitro groups is 1. The number of nitrogens with zero attached hydrogens (tertiary/aromatic N) is 1. The van der Waals surface area contributed by atoms with Crippen molar-refractivity contribution >= 4 is 11.6 Å². The summed E-state index contributed by atoms with van der Waals surface area (Å²) in [6.45, 7) is 1.58. The molecule has 2 N–H and O–H groups in total. The van der Waals surface area contributed by atoms with Gasteiger partial charge < -0.3 is 15.2 Å². The largest absolute Gasteiger partial charge is 0.490 e. The molecule has 1 amide bonds. The van der Waals surface area contributed by atoms with Crippen molar-refractivity contribution in [1.29, 1.82) is 0 Å². The maximum atomic E-state index is 11.8. The summed E-state index contributed by atoms with van der Waals surface area (Å²) in [7, 11) is 1.26. The lowest BCUT2D eigenvalue weighted by molar-refractivity contribution is -0.385. The molecule has 0 saturated heterocycles. The van der Waals surface area contributed by atoms with Gasteiger partial charge in [0, 0.05) is 12.6 Å². The van der Waals surface area contributed by atoms with Crippen LogP contribution in [0.25, 0.3) is 0 Å². The van der Waals surface area contributed by atoms with Crippen LogP contribution >= 0.6 is 0 Å². The van der Waals surface area contributed by atoms with Crippen LogP contribution in [0.2, 0.25) is 0 Å². The SMILES string of the molecule is COc1c(C(=O)NC[C@H](C)O)cccc1[N+](=O)[O-]. The highest BCUT2D eigenvalue weighted by atomic mass is 16.6. The number of rotatable bonds is 5. The maximum absolute atomic E-state index is 11.8. The molecule has 0 aromatic heterocycles. The van der Waals surface area contributed by atoms with E-state index in [0.717, 1.165) is 0 Å². The Balaban J connectivity index is 3.05. The zero-order valence-corrected chi connectivity index (χ0v) is 10.0. The van der Waals surface area contributed by atoms with E-state index >= 15 is 0 Å². The highest BCUT2D eigenvalue weighted by Crippen LogP contribution is 2.30. The second kappa shape index (κ2) is 5.97. The van der Waals surface area contributed by atoms with Crippen molar-refractivity contribution < 1.29 is 19.6 Å². The third-order valence-electron chi connectivity index (χ3n) is 2.20. The number of amides is 1. The van der Waals surface area contributed by atoms with Crippen LogP contribution < -0.4 is 10.1 Å². The quantitative estimate of drug-likeness (QED) is 0.595. The summed E-state index contributed by atoms with van der Waals surface area (Å²) < 4.78 is 4.90. The van der Waals surface area contributed by atoms with Crippen LogP contribution in [0.3, 0.4) is 0 Å². The maximum Gasteiger partial charge on any atom is 0.311 e. The average molecular weight is 254 g/mol. The topological polar surface area (TPSA) is 102 Å². The van der Waals surface area contributed by atoms with Gasteiger partial charge in [0.05, 0.1) is 23.7 Å². The molecule has 0 aliphatic carbocycles. The first-order valence-electron chi connectivity index (χ1n) is 5.25. The Morgan fingerprint density at radius 2 is 2.28 bits per heavy atom. The van der Waals surface area contributed by atoms with Crippen LogP contribution in [0.4, 0.5) is 5.69 Å². The Labute approximate surface area is 104 Å². The third-order valence-corrected chi connectivity index (χ3v) is 2.20. The van der Waals surface area contributed by atoms with E-state index in [1.54, 1.807) is 0 Å². The van der Waals surface area contributed by atoms with Gasteiger partial charge in [0.1, 0.15) is 0 Å². The van der Waals surface area contributed by atoms with Gasteiger partial charge in [0.15, 0.2) is 0 Å². The first-order chi connectivity index (χ1) is 8.47. The Kier molecular flexibility index (Phi) is 4.61. The van der Waals surface area contributed by atoms with Gasteiger partial charge in [-0.25, -0.2) is 0 Å². The highest BCUT2D eigenvalue weighted by molar-refractivity contribution is 5.98. The molecule has 0 bridgehead atoms. The fraction of sp³-hybridized carbons (Fsp3) is 0.364. The molecule has 18 heavy (non-hydrogen) atoms. The number of aliphatic hydroxyl groups excluding tert-OH is 1. The van der Waals surface area contributed by atoms with Gasteiger partial charge in [-0.05, 0) is 13.0 Å². The standard InChI is InChI=1S/C11H14N2O5/c1-7(14)6-12-11(15)8-4-3-5-9(13(16)17)10(8)18-2/h3-5,7,14H,6H2,1-2H3,(H,12,15)/t7-/m0/s1. The molecule has 0 radical (unpaired) electrons. The second-order valence-electron chi connectivity index (χ2n) is 3.67. The number of carbonyl (C=O) groups is 1. The minimum atomic E-state index is -0.696. The van der Waals surface area contributed by atoms with E-state index in [2.05, 4.69) is 5.32 Å². The number of hydrogen-bond acceptors (Lipinski definition) is 5. The lowest BCUT2D eigenvalue weighted by Crippen LogP contribution is -2.30. The fourth-order valence-corrected chi connectivity index (χ4v) is 1.40. The smallest absolute Gasteiger partial charge is 0.311 e. The molecule has 0 spiro atoms. The summed E-state index contributed by atoms with van der Waals surface area (Å²) in [4.78, 5) is 21.9. The lowest BCUT2D eigenvalue weighted by Gasteiger charge is -2.10. The van der Waals surface area contributed by atoms with E-state index in [1.165, 1.54) is 32.2 Å². The Bertz CT molecular complexity index is 459. The molecule has 1 aromatic rings. The van der Waals surface area contributed by atoms with Crippen LogP contribution in [-0.4, -0.2) is 35.7 Å². The zero-order chi connectivity index (χ0) is 13.7. The molecule has 0 unspecified atom stereocenters. The van der Waals surface area contributed by atoms with E-state index in [9.17, 15) is 14.9 Å². The van der Waals surface area contributed by atoms with Crippen LogP contribution in [0, 0.1) is 10.1 Å². The van der Waals surface area contributed by atoms with Gasteiger partial charge in [-0.2, -0.15) is 0 Å². The van der Waals surface area contributed by atoms with Crippen molar-refractivity contribution in [2.24, 2.45) is 0 Å². The van der Waals surface area contributed by atoms with Crippen molar-refractivity contribution in [2.45, 2.75) is 13.0 Å².